The lowest BCUT2D eigenvalue weighted by Crippen LogP contribution is -2.14. The van der Waals surface area contributed by atoms with Crippen LogP contribution in [0.25, 0.3) is 11.3 Å². The minimum Gasteiger partial charge on any atom is -0.504 e. The van der Waals surface area contributed by atoms with E-state index in [2.05, 4.69) is 20.0 Å². The Labute approximate surface area is 223 Å². The van der Waals surface area contributed by atoms with Crippen LogP contribution in [0.2, 0.25) is 5.02 Å². The van der Waals surface area contributed by atoms with Gasteiger partial charge in [0.1, 0.15) is 16.5 Å². The number of aromatic nitrogens is 2. The van der Waals surface area contributed by atoms with E-state index < -0.39 is 44.4 Å². The van der Waals surface area contributed by atoms with Crippen molar-refractivity contribution in [1.82, 2.24) is 9.97 Å². The third kappa shape index (κ3) is 5.97. The van der Waals surface area contributed by atoms with Gasteiger partial charge in [-0.1, -0.05) is 35.1 Å². The summed E-state index contributed by atoms with van der Waals surface area (Å²) in [4.78, 5) is 7.79. The minimum absolute atomic E-state index is 0.152. The highest BCUT2D eigenvalue weighted by molar-refractivity contribution is 7.86. The van der Waals surface area contributed by atoms with Crippen molar-refractivity contribution in [2.45, 2.75) is 17.7 Å². The number of halogens is 6. The first-order valence-corrected chi connectivity index (χ1v) is 12.8. The smallest absolute Gasteiger partial charge is 0.418 e. The molecular weight excluding hydrogens is 575 g/mol. The summed E-state index contributed by atoms with van der Waals surface area (Å²) in [5.74, 6) is -0.793. The van der Waals surface area contributed by atoms with Crippen LogP contribution < -0.4 is 14.8 Å². The van der Waals surface area contributed by atoms with Gasteiger partial charge in [0, 0.05) is 17.7 Å². The van der Waals surface area contributed by atoms with Crippen molar-refractivity contribution in [3.63, 3.8) is 0 Å². The third-order valence-electron chi connectivity index (χ3n) is 5.10. The van der Waals surface area contributed by atoms with Crippen LogP contribution in [0.5, 0.6) is 11.5 Å². The number of thiazole rings is 1. The molecule has 4 aromatic rings. The largest absolute Gasteiger partial charge is 0.504 e. The number of hydrogen-bond donors (Lipinski definition) is 3. The van der Waals surface area contributed by atoms with Crippen molar-refractivity contribution < 1.29 is 36.0 Å². The molecule has 0 amide bonds. The number of nitrogens with one attached hydrogen (secondary N) is 2. The van der Waals surface area contributed by atoms with Gasteiger partial charge in [-0.3, -0.25) is 4.72 Å². The molecule has 15 heteroatoms. The highest BCUT2D eigenvalue weighted by atomic mass is 35.5. The van der Waals surface area contributed by atoms with Crippen LogP contribution in [0.4, 0.5) is 32.8 Å². The van der Waals surface area contributed by atoms with E-state index in [4.69, 9.17) is 16.3 Å². The Kier molecular flexibility index (Phi) is 8.04. The van der Waals surface area contributed by atoms with E-state index in [9.17, 15) is 31.3 Å². The normalized spacial score (nSPS) is 12.3. The van der Waals surface area contributed by atoms with Crippen LogP contribution in [0.3, 0.4) is 0 Å². The molecule has 0 saturated carbocycles. The van der Waals surface area contributed by atoms with Gasteiger partial charge < -0.3 is 15.2 Å². The zero-order valence-corrected chi connectivity index (χ0v) is 21.5. The zero-order valence-electron chi connectivity index (χ0n) is 19.1. The number of anilines is 2. The fourth-order valence-corrected chi connectivity index (χ4v) is 5.10. The maximum Gasteiger partial charge on any atom is 0.418 e. The first-order chi connectivity index (χ1) is 18.0. The maximum atomic E-state index is 14.4. The van der Waals surface area contributed by atoms with Crippen LogP contribution in [0.15, 0.2) is 53.7 Å². The van der Waals surface area contributed by atoms with E-state index in [1.54, 1.807) is 6.07 Å². The molecule has 3 N–H and O–H groups in total. The summed E-state index contributed by atoms with van der Waals surface area (Å²) in [7, 11) is -1.01. The van der Waals surface area contributed by atoms with Gasteiger partial charge in [0.15, 0.2) is 27.6 Å². The van der Waals surface area contributed by atoms with Crippen molar-refractivity contribution in [3.05, 3.63) is 75.8 Å². The van der Waals surface area contributed by atoms with Gasteiger partial charge in [-0.15, -0.1) is 0 Å². The lowest BCUT2D eigenvalue weighted by molar-refractivity contribution is -0.137. The molecule has 2 aromatic carbocycles. The third-order valence-corrected chi connectivity index (χ3v) is 7.26. The van der Waals surface area contributed by atoms with E-state index in [0.717, 1.165) is 18.3 Å². The Hall–Kier alpha value is -3.49. The number of benzene rings is 2. The molecule has 0 bridgehead atoms. The molecule has 0 radical (unpaired) electrons. The Morgan fingerprint density at radius 3 is 2.63 bits per heavy atom. The molecule has 0 spiro atoms. The molecule has 0 aliphatic rings. The number of aromatic hydroxyl groups is 1. The molecule has 7 nitrogen and oxygen atoms in total. The van der Waals surface area contributed by atoms with E-state index in [1.165, 1.54) is 25.3 Å². The monoisotopic (exact) mass is 590 g/mol. The standard InChI is InChI=1S/C23H16ClF5N4O3S2/c1-36-17-4-2-3-12(20(17)34)9-30-16-10-31-18(8-13(16)23(27,28)29)38(35)33-22-32-19(21(26)37-22)11-5-6-15(25)14(24)7-11/h2-8,10,30,34H,9H2,1H3,(H,32,33). The number of para-hydroxylation sites is 1. The highest BCUT2D eigenvalue weighted by Crippen LogP contribution is 2.37. The number of hydrogen-bond acceptors (Lipinski definition) is 7. The first kappa shape index (κ1) is 27.5. The van der Waals surface area contributed by atoms with Gasteiger partial charge in [0.05, 0.1) is 29.6 Å². The molecule has 200 valence electrons. The molecule has 4 rings (SSSR count). The SMILES string of the molecule is COc1cccc(CNc2cnc(S(=O)Nc3nc(-c4ccc(F)c(Cl)c4)c(F)s3)cc2C(F)(F)F)c1O. The van der Waals surface area contributed by atoms with E-state index in [0.29, 0.717) is 17.4 Å². The highest BCUT2D eigenvalue weighted by Gasteiger charge is 2.35. The van der Waals surface area contributed by atoms with Crippen LogP contribution in [0, 0.1) is 10.9 Å². The molecule has 0 saturated heterocycles. The summed E-state index contributed by atoms with van der Waals surface area (Å²) in [6.45, 7) is -0.191. The number of phenols is 1. The van der Waals surface area contributed by atoms with Crippen molar-refractivity contribution >= 4 is 44.7 Å². The van der Waals surface area contributed by atoms with E-state index in [-0.39, 0.29) is 45.0 Å². The van der Waals surface area contributed by atoms with Crippen LogP contribution in [-0.4, -0.2) is 26.4 Å². The number of methoxy groups -OCH3 is 1. The molecule has 1 atom stereocenters. The topological polar surface area (TPSA) is 96.4 Å². The van der Waals surface area contributed by atoms with Crippen molar-refractivity contribution in [2.24, 2.45) is 0 Å². The van der Waals surface area contributed by atoms with Crippen LogP contribution in [0.1, 0.15) is 11.1 Å². The quantitative estimate of drug-likeness (QED) is 0.200. The van der Waals surface area contributed by atoms with Gasteiger partial charge in [-0.25, -0.2) is 18.6 Å². The van der Waals surface area contributed by atoms with E-state index in [1.807, 2.05) is 0 Å². The van der Waals surface area contributed by atoms with Crippen molar-refractivity contribution in [2.75, 3.05) is 17.1 Å². The van der Waals surface area contributed by atoms with Crippen LogP contribution >= 0.6 is 22.9 Å². The summed E-state index contributed by atoms with van der Waals surface area (Å²) in [6, 6.07) is 8.56. The van der Waals surface area contributed by atoms with Crippen molar-refractivity contribution in [1.29, 1.82) is 0 Å². The van der Waals surface area contributed by atoms with Gasteiger partial charge in [0.2, 0.25) is 5.13 Å². The summed E-state index contributed by atoms with van der Waals surface area (Å²) >= 11 is 6.17. The van der Waals surface area contributed by atoms with Gasteiger partial charge >= 0.3 is 6.18 Å². The Bertz CT molecular complexity index is 1520. The molecule has 2 aromatic heterocycles. The number of rotatable bonds is 8. The molecular formula is C23H16ClF5N4O3S2. The molecule has 2 heterocycles. The summed E-state index contributed by atoms with van der Waals surface area (Å²) in [6.07, 6.45) is -3.99. The predicted octanol–water partition coefficient (Wildman–Crippen LogP) is 6.62. The lowest BCUT2D eigenvalue weighted by atomic mass is 10.1. The second kappa shape index (κ2) is 11.1. The van der Waals surface area contributed by atoms with Crippen LogP contribution in [-0.2, 0) is 23.7 Å². The molecule has 0 fully saturated rings. The number of nitrogens with zero attached hydrogens (tertiary/aromatic N) is 2. The second-order valence-corrected chi connectivity index (χ2v) is 10.0. The van der Waals surface area contributed by atoms with Gasteiger partial charge in [-0.2, -0.15) is 17.6 Å². The first-order valence-electron chi connectivity index (χ1n) is 10.4. The molecule has 1 unspecified atom stereocenters. The molecule has 0 aliphatic carbocycles. The summed E-state index contributed by atoms with van der Waals surface area (Å²) < 4.78 is 89.3. The minimum atomic E-state index is -4.84. The number of pyridine rings is 1. The van der Waals surface area contributed by atoms with E-state index >= 15 is 0 Å². The average Bonchev–Trinajstić information content (AvgIpc) is 3.24. The Morgan fingerprint density at radius 1 is 1.18 bits per heavy atom. The van der Waals surface area contributed by atoms with Gasteiger partial charge in [-0.05, 0) is 30.3 Å². The lowest BCUT2D eigenvalue weighted by Gasteiger charge is -2.16. The number of ether oxygens (including phenoxy) is 1. The maximum absolute atomic E-state index is 14.4. The van der Waals surface area contributed by atoms with Gasteiger partial charge in [0.25, 0.3) is 0 Å². The molecule has 0 aliphatic heterocycles. The fraction of sp³-hybridized carbons (Fsp3) is 0.130. The summed E-state index contributed by atoms with van der Waals surface area (Å²) in [5, 5.41) is 11.0. The average molecular weight is 591 g/mol. The molecule has 38 heavy (non-hydrogen) atoms. The zero-order chi connectivity index (χ0) is 27.6. The summed E-state index contributed by atoms with van der Waals surface area (Å²) in [5.41, 5.74) is -1.36. The second-order valence-electron chi connectivity index (χ2n) is 7.53. The number of phenolic OH excluding ortho intramolecular Hbond substituents is 1. The Balaban J connectivity index is 1.55. The van der Waals surface area contributed by atoms with Crippen molar-refractivity contribution in [3.8, 4) is 22.8 Å². The predicted molar refractivity (Wildman–Crippen MR) is 134 cm³/mol. The number of alkyl halides is 3. The Morgan fingerprint density at radius 2 is 1.95 bits per heavy atom. The fourth-order valence-electron chi connectivity index (χ4n) is 3.28.